The van der Waals surface area contributed by atoms with Gasteiger partial charge in [-0.05, 0) is 39.0 Å². The first-order valence-corrected chi connectivity index (χ1v) is 5.92. The van der Waals surface area contributed by atoms with Gasteiger partial charge in [0, 0.05) is 20.2 Å². The summed E-state index contributed by atoms with van der Waals surface area (Å²) in [6.07, 6.45) is 3.37. The third kappa shape index (κ3) is 5.47. The predicted molar refractivity (Wildman–Crippen MR) is 62.5 cm³/mol. The fourth-order valence-corrected chi connectivity index (χ4v) is 1.62. The molecule has 1 saturated carbocycles. The number of nitrogens with zero attached hydrogens (tertiary/aromatic N) is 1. The van der Waals surface area contributed by atoms with Crippen LogP contribution in [-0.4, -0.2) is 48.3 Å². The number of aliphatic carboxylic acids is 1. The molecule has 0 aliphatic heterocycles. The fraction of sp³-hybridized carbons (Fsp3) is 0.917. The summed E-state index contributed by atoms with van der Waals surface area (Å²) < 4.78 is 5.34. The average molecular weight is 229 g/mol. The Balaban J connectivity index is 2.33. The highest BCUT2D eigenvalue weighted by Crippen LogP contribution is 2.30. The number of rotatable bonds is 8. The Labute approximate surface area is 97.6 Å². The van der Waals surface area contributed by atoms with Crippen LogP contribution in [0.3, 0.4) is 0 Å². The highest BCUT2D eigenvalue weighted by Gasteiger charge is 2.26. The SMILES string of the molecule is COC(C)(C)CCN(CC(=O)O)CC1CC1. The molecule has 0 unspecified atom stereocenters. The Morgan fingerprint density at radius 3 is 2.56 bits per heavy atom. The minimum atomic E-state index is -0.740. The molecule has 0 heterocycles. The molecule has 1 aliphatic carbocycles. The van der Waals surface area contributed by atoms with E-state index < -0.39 is 5.97 Å². The molecule has 94 valence electrons. The number of carboxylic acid groups (broad SMARTS) is 1. The minimum Gasteiger partial charge on any atom is -0.480 e. The summed E-state index contributed by atoms with van der Waals surface area (Å²) in [5, 5.41) is 8.83. The van der Waals surface area contributed by atoms with Crippen molar-refractivity contribution >= 4 is 5.97 Å². The molecule has 0 atom stereocenters. The van der Waals surface area contributed by atoms with Crippen molar-refractivity contribution in [3.05, 3.63) is 0 Å². The Kier molecular flexibility index (Phi) is 4.74. The van der Waals surface area contributed by atoms with Crippen LogP contribution in [0, 0.1) is 5.92 Å². The summed E-state index contributed by atoms with van der Waals surface area (Å²) in [6.45, 7) is 5.93. The van der Waals surface area contributed by atoms with Crippen molar-refractivity contribution in [3.63, 3.8) is 0 Å². The van der Waals surface area contributed by atoms with Gasteiger partial charge in [0.25, 0.3) is 0 Å². The van der Waals surface area contributed by atoms with Gasteiger partial charge in [-0.3, -0.25) is 9.69 Å². The first kappa shape index (κ1) is 13.5. The maximum atomic E-state index is 10.7. The van der Waals surface area contributed by atoms with Crippen molar-refractivity contribution in [3.8, 4) is 0 Å². The van der Waals surface area contributed by atoms with E-state index in [1.807, 2.05) is 18.7 Å². The van der Waals surface area contributed by atoms with Gasteiger partial charge in [-0.1, -0.05) is 0 Å². The van der Waals surface area contributed by atoms with Crippen molar-refractivity contribution in [2.75, 3.05) is 26.7 Å². The molecule has 1 rings (SSSR count). The Bertz CT molecular complexity index is 236. The van der Waals surface area contributed by atoms with E-state index in [2.05, 4.69) is 0 Å². The van der Waals surface area contributed by atoms with Crippen LogP contribution < -0.4 is 0 Å². The van der Waals surface area contributed by atoms with E-state index in [9.17, 15) is 4.79 Å². The van der Waals surface area contributed by atoms with Gasteiger partial charge in [-0.25, -0.2) is 0 Å². The van der Waals surface area contributed by atoms with Crippen LogP contribution in [0.2, 0.25) is 0 Å². The lowest BCUT2D eigenvalue weighted by atomic mass is 10.0. The normalized spacial score (nSPS) is 16.8. The van der Waals surface area contributed by atoms with Crippen molar-refractivity contribution in [1.82, 2.24) is 4.90 Å². The van der Waals surface area contributed by atoms with E-state index >= 15 is 0 Å². The van der Waals surface area contributed by atoms with Crippen LogP contribution in [-0.2, 0) is 9.53 Å². The Morgan fingerprint density at radius 1 is 1.50 bits per heavy atom. The lowest BCUT2D eigenvalue weighted by Gasteiger charge is -2.27. The van der Waals surface area contributed by atoms with Gasteiger partial charge in [0.05, 0.1) is 12.1 Å². The summed E-state index contributed by atoms with van der Waals surface area (Å²) in [5.41, 5.74) is -0.166. The number of carboxylic acids is 1. The monoisotopic (exact) mass is 229 g/mol. The quantitative estimate of drug-likeness (QED) is 0.687. The molecule has 1 fully saturated rings. The lowest BCUT2D eigenvalue weighted by molar-refractivity contribution is -0.138. The van der Waals surface area contributed by atoms with Crippen LogP contribution in [0.1, 0.15) is 33.1 Å². The van der Waals surface area contributed by atoms with Crippen molar-refractivity contribution in [2.24, 2.45) is 5.92 Å². The number of hydrogen-bond donors (Lipinski definition) is 1. The van der Waals surface area contributed by atoms with Crippen molar-refractivity contribution in [1.29, 1.82) is 0 Å². The Morgan fingerprint density at radius 2 is 2.12 bits per heavy atom. The van der Waals surface area contributed by atoms with Gasteiger partial charge in [-0.15, -0.1) is 0 Å². The standard InChI is InChI=1S/C12H23NO3/c1-12(2,16-3)6-7-13(9-11(14)15)8-10-4-5-10/h10H,4-9H2,1-3H3,(H,14,15). The van der Waals surface area contributed by atoms with Gasteiger partial charge in [0.2, 0.25) is 0 Å². The van der Waals surface area contributed by atoms with Crippen LogP contribution in [0.4, 0.5) is 0 Å². The topological polar surface area (TPSA) is 49.8 Å². The van der Waals surface area contributed by atoms with E-state index in [1.54, 1.807) is 7.11 Å². The summed E-state index contributed by atoms with van der Waals surface area (Å²) >= 11 is 0. The van der Waals surface area contributed by atoms with E-state index in [1.165, 1.54) is 12.8 Å². The number of hydrogen-bond acceptors (Lipinski definition) is 3. The molecular weight excluding hydrogens is 206 g/mol. The molecule has 1 aliphatic rings. The molecule has 0 bridgehead atoms. The third-order valence-electron chi connectivity index (χ3n) is 3.15. The molecule has 0 aromatic heterocycles. The molecular formula is C12H23NO3. The first-order valence-electron chi connectivity index (χ1n) is 5.92. The van der Waals surface area contributed by atoms with Gasteiger partial charge in [0.15, 0.2) is 0 Å². The maximum absolute atomic E-state index is 10.7. The second kappa shape index (κ2) is 5.64. The Hall–Kier alpha value is -0.610. The highest BCUT2D eigenvalue weighted by molar-refractivity contribution is 5.69. The molecule has 4 nitrogen and oxygen atoms in total. The number of methoxy groups -OCH3 is 1. The molecule has 4 heteroatoms. The molecule has 1 N–H and O–H groups in total. The van der Waals surface area contributed by atoms with Crippen molar-refractivity contribution < 1.29 is 14.6 Å². The highest BCUT2D eigenvalue weighted by atomic mass is 16.5. The summed E-state index contributed by atoms with van der Waals surface area (Å²) in [4.78, 5) is 12.8. The van der Waals surface area contributed by atoms with Gasteiger partial charge in [-0.2, -0.15) is 0 Å². The number of carbonyl (C=O) groups is 1. The lowest BCUT2D eigenvalue weighted by Crippen LogP contribution is -2.36. The summed E-state index contributed by atoms with van der Waals surface area (Å²) in [7, 11) is 1.70. The zero-order valence-electron chi connectivity index (χ0n) is 10.5. The fourth-order valence-electron chi connectivity index (χ4n) is 1.62. The van der Waals surface area contributed by atoms with Gasteiger partial charge < -0.3 is 9.84 Å². The van der Waals surface area contributed by atoms with Crippen LogP contribution >= 0.6 is 0 Å². The summed E-state index contributed by atoms with van der Waals surface area (Å²) in [5.74, 6) is -0.0131. The second-order valence-electron chi connectivity index (χ2n) is 5.29. The van der Waals surface area contributed by atoms with Gasteiger partial charge >= 0.3 is 5.97 Å². The molecule has 0 aromatic carbocycles. The second-order valence-corrected chi connectivity index (χ2v) is 5.29. The predicted octanol–water partition coefficient (Wildman–Crippen LogP) is 1.60. The molecule has 16 heavy (non-hydrogen) atoms. The van der Waals surface area contributed by atoms with E-state index in [0.29, 0.717) is 0 Å². The largest absolute Gasteiger partial charge is 0.480 e. The zero-order chi connectivity index (χ0) is 12.2. The zero-order valence-corrected chi connectivity index (χ0v) is 10.5. The summed E-state index contributed by atoms with van der Waals surface area (Å²) in [6, 6.07) is 0. The molecule has 0 spiro atoms. The van der Waals surface area contributed by atoms with Crippen LogP contribution in [0.5, 0.6) is 0 Å². The van der Waals surface area contributed by atoms with Gasteiger partial charge in [0.1, 0.15) is 0 Å². The van der Waals surface area contributed by atoms with E-state index in [-0.39, 0.29) is 12.1 Å². The third-order valence-corrected chi connectivity index (χ3v) is 3.15. The maximum Gasteiger partial charge on any atom is 0.317 e. The smallest absolute Gasteiger partial charge is 0.317 e. The van der Waals surface area contributed by atoms with Crippen LogP contribution in [0.15, 0.2) is 0 Å². The minimum absolute atomic E-state index is 0.149. The molecule has 0 saturated heterocycles. The van der Waals surface area contributed by atoms with E-state index in [0.717, 1.165) is 25.4 Å². The molecule has 0 amide bonds. The van der Waals surface area contributed by atoms with E-state index in [4.69, 9.17) is 9.84 Å². The van der Waals surface area contributed by atoms with Crippen molar-refractivity contribution in [2.45, 2.75) is 38.7 Å². The molecule has 0 radical (unpaired) electrons. The first-order chi connectivity index (χ1) is 7.43. The number of ether oxygens (including phenoxy) is 1. The average Bonchev–Trinajstić information content (AvgIpc) is 2.97. The van der Waals surface area contributed by atoms with Crippen LogP contribution in [0.25, 0.3) is 0 Å². The molecule has 0 aromatic rings.